The molecule has 2 aromatic rings. The second-order valence-corrected chi connectivity index (χ2v) is 8.65. The molecule has 1 saturated heterocycles. The predicted octanol–water partition coefficient (Wildman–Crippen LogP) is 5.39. The molecule has 0 atom stereocenters. The van der Waals surface area contributed by atoms with Gasteiger partial charge in [0.25, 0.3) is 11.1 Å². The molecule has 0 spiro atoms. The Morgan fingerprint density at radius 3 is 2.74 bits per heavy atom. The van der Waals surface area contributed by atoms with Gasteiger partial charge in [0.1, 0.15) is 0 Å². The van der Waals surface area contributed by atoms with Crippen LogP contribution in [-0.4, -0.2) is 27.8 Å². The number of carbonyl (C=O) groups is 2. The zero-order valence-corrected chi connectivity index (χ0v) is 18.8. The highest BCUT2D eigenvalue weighted by molar-refractivity contribution is 14.1. The van der Waals surface area contributed by atoms with Gasteiger partial charge in [0.15, 0.2) is 11.5 Å². The van der Waals surface area contributed by atoms with Crippen LogP contribution in [0.2, 0.25) is 0 Å². The lowest BCUT2D eigenvalue weighted by atomic mass is 10.1. The molecular weight excluding hydrogens is 545 g/mol. The van der Waals surface area contributed by atoms with E-state index in [2.05, 4.69) is 15.9 Å². The number of carbonyl (C=O) groups excluding carboxylic acids is 2. The molecule has 0 bridgehead atoms. The van der Waals surface area contributed by atoms with E-state index in [0.29, 0.717) is 26.4 Å². The van der Waals surface area contributed by atoms with Gasteiger partial charge in [-0.15, -0.1) is 0 Å². The first kappa shape index (κ1) is 20.2. The van der Waals surface area contributed by atoms with Gasteiger partial charge in [0.05, 0.1) is 21.6 Å². The second-order valence-electron chi connectivity index (χ2n) is 5.64. The van der Waals surface area contributed by atoms with Crippen LogP contribution in [-0.2, 0) is 11.3 Å². The fraction of sp³-hybridized carbons (Fsp3) is 0.158. The van der Waals surface area contributed by atoms with Crippen LogP contribution in [0.15, 0.2) is 45.8 Å². The molecule has 0 aliphatic carbocycles. The minimum atomic E-state index is -0.332. The number of imide groups is 1. The van der Waals surface area contributed by atoms with Crippen LogP contribution >= 0.6 is 50.3 Å². The summed E-state index contributed by atoms with van der Waals surface area (Å²) in [6.07, 6.45) is 1.65. The Morgan fingerprint density at radius 1 is 1.30 bits per heavy atom. The number of nitrogens with zero attached hydrogens (tertiary/aromatic N) is 1. The zero-order valence-electron chi connectivity index (χ0n) is 14.2. The molecule has 140 valence electrons. The highest BCUT2D eigenvalue weighted by Gasteiger charge is 2.35. The summed E-state index contributed by atoms with van der Waals surface area (Å²) in [5.41, 5.74) is 1.55. The average molecular weight is 560 g/mol. The predicted molar refractivity (Wildman–Crippen MR) is 118 cm³/mol. The van der Waals surface area contributed by atoms with Gasteiger partial charge in [0.2, 0.25) is 0 Å². The third-order valence-corrected chi connectivity index (χ3v) is 6.31. The number of hydrogen-bond donors (Lipinski definition) is 1. The molecule has 0 radical (unpaired) electrons. The molecule has 0 unspecified atom stereocenters. The van der Waals surface area contributed by atoms with Crippen LogP contribution in [0.5, 0.6) is 11.5 Å². The van der Waals surface area contributed by atoms with E-state index in [9.17, 15) is 14.7 Å². The van der Waals surface area contributed by atoms with Gasteiger partial charge >= 0.3 is 0 Å². The van der Waals surface area contributed by atoms with Crippen molar-refractivity contribution in [2.24, 2.45) is 0 Å². The van der Waals surface area contributed by atoms with Crippen molar-refractivity contribution in [1.82, 2.24) is 4.90 Å². The van der Waals surface area contributed by atoms with Crippen molar-refractivity contribution in [2.45, 2.75) is 13.5 Å². The number of halogens is 2. The number of aromatic hydroxyl groups is 1. The minimum Gasteiger partial charge on any atom is -0.504 e. The van der Waals surface area contributed by atoms with Crippen LogP contribution in [0.3, 0.4) is 0 Å². The average Bonchev–Trinajstić information content (AvgIpc) is 2.88. The number of rotatable bonds is 5. The van der Waals surface area contributed by atoms with E-state index in [1.807, 2.05) is 53.8 Å². The lowest BCUT2D eigenvalue weighted by molar-refractivity contribution is -0.123. The van der Waals surface area contributed by atoms with E-state index in [1.165, 1.54) is 4.90 Å². The maximum atomic E-state index is 12.7. The van der Waals surface area contributed by atoms with E-state index < -0.39 is 0 Å². The van der Waals surface area contributed by atoms with Gasteiger partial charge in [-0.25, -0.2) is 0 Å². The Balaban J connectivity index is 1.87. The van der Waals surface area contributed by atoms with E-state index in [-0.39, 0.29) is 23.4 Å². The van der Waals surface area contributed by atoms with Crippen LogP contribution < -0.4 is 4.74 Å². The van der Waals surface area contributed by atoms with E-state index in [4.69, 9.17) is 4.74 Å². The molecule has 1 aliphatic rings. The molecule has 8 heteroatoms. The molecule has 1 aliphatic heterocycles. The molecule has 5 nitrogen and oxygen atoms in total. The lowest BCUT2D eigenvalue weighted by Gasteiger charge is -2.13. The first-order chi connectivity index (χ1) is 12.9. The zero-order chi connectivity index (χ0) is 19.6. The molecule has 2 aromatic carbocycles. The van der Waals surface area contributed by atoms with Crippen molar-refractivity contribution in [3.63, 3.8) is 0 Å². The Hall–Kier alpha value is -1.52. The fourth-order valence-electron chi connectivity index (χ4n) is 2.53. The van der Waals surface area contributed by atoms with Crippen LogP contribution in [0.25, 0.3) is 6.08 Å². The smallest absolute Gasteiger partial charge is 0.293 e. The van der Waals surface area contributed by atoms with Crippen LogP contribution in [0.4, 0.5) is 4.79 Å². The molecule has 27 heavy (non-hydrogen) atoms. The third-order valence-electron chi connectivity index (χ3n) is 3.81. The second kappa shape index (κ2) is 8.66. The molecule has 1 fully saturated rings. The number of amides is 2. The number of benzene rings is 2. The first-order valence-corrected chi connectivity index (χ1v) is 10.7. The monoisotopic (exact) mass is 559 g/mol. The van der Waals surface area contributed by atoms with E-state index in [1.54, 1.807) is 18.2 Å². The van der Waals surface area contributed by atoms with Crippen molar-refractivity contribution in [2.75, 3.05) is 6.61 Å². The summed E-state index contributed by atoms with van der Waals surface area (Å²) in [5.74, 6) is 0.0847. The molecule has 3 rings (SSSR count). The van der Waals surface area contributed by atoms with E-state index in [0.717, 1.165) is 21.8 Å². The number of phenols is 1. The standard InChI is InChI=1S/C19H15BrINO4S/c1-2-26-15-8-11(7-14(21)17(15)23)9-16-18(24)22(19(25)27-16)10-12-5-3-4-6-13(12)20/h3-9,23H,2,10H2,1H3/b16-9+. The third kappa shape index (κ3) is 4.49. The van der Waals surface area contributed by atoms with Crippen LogP contribution in [0.1, 0.15) is 18.1 Å². The molecule has 2 amide bonds. The lowest BCUT2D eigenvalue weighted by Crippen LogP contribution is -2.27. The normalized spacial score (nSPS) is 15.7. The number of hydrogen-bond acceptors (Lipinski definition) is 5. The topological polar surface area (TPSA) is 66.8 Å². The van der Waals surface area contributed by atoms with Crippen molar-refractivity contribution >= 4 is 67.5 Å². The Kier molecular flexibility index (Phi) is 6.48. The van der Waals surface area contributed by atoms with Gasteiger partial charge in [-0.05, 0) is 76.7 Å². The summed E-state index contributed by atoms with van der Waals surface area (Å²) in [4.78, 5) is 26.6. The van der Waals surface area contributed by atoms with Gasteiger partial charge in [-0.3, -0.25) is 14.5 Å². The molecule has 0 aromatic heterocycles. The number of thioether (sulfide) groups is 1. The summed E-state index contributed by atoms with van der Waals surface area (Å²) in [5, 5.41) is 9.74. The fourth-order valence-corrected chi connectivity index (χ4v) is 4.40. The summed E-state index contributed by atoms with van der Waals surface area (Å²) < 4.78 is 6.88. The highest BCUT2D eigenvalue weighted by atomic mass is 127. The molecule has 0 saturated carbocycles. The SMILES string of the molecule is CCOc1cc(/C=C2/SC(=O)N(Cc3ccccc3Br)C2=O)cc(I)c1O. The summed E-state index contributed by atoms with van der Waals surface area (Å²) in [6, 6.07) is 10.9. The molecule has 1 N–H and O–H groups in total. The van der Waals surface area contributed by atoms with Crippen molar-refractivity contribution in [3.8, 4) is 11.5 Å². The van der Waals surface area contributed by atoms with E-state index >= 15 is 0 Å². The van der Waals surface area contributed by atoms with Crippen molar-refractivity contribution in [1.29, 1.82) is 0 Å². The molecular formula is C19H15BrINO4S. The Labute approximate surface area is 183 Å². The van der Waals surface area contributed by atoms with Crippen molar-refractivity contribution < 1.29 is 19.4 Å². The van der Waals surface area contributed by atoms with Gasteiger partial charge < -0.3 is 9.84 Å². The largest absolute Gasteiger partial charge is 0.504 e. The molecule has 1 heterocycles. The minimum absolute atomic E-state index is 0.0663. The van der Waals surface area contributed by atoms with Gasteiger partial charge in [0, 0.05) is 4.47 Å². The highest BCUT2D eigenvalue weighted by Crippen LogP contribution is 2.37. The van der Waals surface area contributed by atoms with Crippen LogP contribution in [0, 0.1) is 3.57 Å². The van der Waals surface area contributed by atoms with Gasteiger partial charge in [-0.2, -0.15) is 0 Å². The number of phenolic OH excluding ortho intramolecular Hbond substituents is 1. The summed E-state index contributed by atoms with van der Waals surface area (Å²) in [6.45, 7) is 2.45. The Morgan fingerprint density at radius 2 is 2.04 bits per heavy atom. The maximum absolute atomic E-state index is 12.7. The van der Waals surface area contributed by atoms with Crippen molar-refractivity contribution in [3.05, 3.63) is 60.5 Å². The quantitative estimate of drug-likeness (QED) is 0.393. The first-order valence-electron chi connectivity index (χ1n) is 8.04. The van der Waals surface area contributed by atoms with Gasteiger partial charge in [-0.1, -0.05) is 34.1 Å². The Bertz CT molecular complexity index is 947. The summed E-state index contributed by atoms with van der Waals surface area (Å²) in [7, 11) is 0. The summed E-state index contributed by atoms with van der Waals surface area (Å²) >= 11 is 6.35. The number of ether oxygens (including phenoxy) is 1. The maximum Gasteiger partial charge on any atom is 0.293 e.